The summed E-state index contributed by atoms with van der Waals surface area (Å²) in [5, 5.41) is 1.68. The third kappa shape index (κ3) is 3.94. The summed E-state index contributed by atoms with van der Waals surface area (Å²) in [6, 6.07) is 20.2. The van der Waals surface area contributed by atoms with Gasteiger partial charge >= 0.3 is 0 Å². The lowest BCUT2D eigenvalue weighted by molar-refractivity contribution is -0.122. The zero-order chi connectivity index (χ0) is 21.1. The molecule has 1 fully saturated rings. The van der Waals surface area contributed by atoms with Gasteiger partial charge in [-0.2, -0.15) is 4.31 Å². The molecule has 6 nitrogen and oxygen atoms in total. The van der Waals surface area contributed by atoms with E-state index in [0.29, 0.717) is 12.1 Å². The number of anilines is 1. The molecule has 30 heavy (non-hydrogen) atoms. The number of hydrogen-bond donors (Lipinski definition) is 0. The molecule has 0 N–H and O–H groups in total. The Bertz CT molecular complexity index is 1130. The molecule has 154 valence electrons. The molecule has 1 unspecified atom stereocenters. The lowest BCUT2D eigenvalue weighted by Crippen LogP contribution is -2.46. The molecule has 0 spiro atoms. The van der Waals surface area contributed by atoms with Crippen LogP contribution >= 0.6 is 11.3 Å². The molecule has 0 aliphatic carbocycles. The first-order valence-corrected chi connectivity index (χ1v) is 11.8. The number of thiophene rings is 1. The third-order valence-corrected chi connectivity index (χ3v) is 8.29. The van der Waals surface area contributed by atoms with E-state index in [1.165, 1.54) is 10.4 Å². The third-order valence-electron chi connectivity index (χ3n) is 5.01. The highest BCUT2D eigenvalue weighted by Gasteiger charge is 2.46. The fraction of sp³-hybridized carbons (Fsp3) is 0.182. The van der Waals surface area contributed by atoms with Crippen LogP contribution in [0.2, 0.25) is 0 Å². The van der Waals surface area contributed by atoms with Crippen LogP contribution in [0.5, 0.6) is 0 Å². The van der Waals surface area contributed by atoms with Crippen LogP contribution in [-0.2, 0) is 26.0 Å². The predicted molar refractivity (Wildman–Crippen MR) is 116 cm³/mol. The second kappa shape index (κ2) is 8.51. The van der Waals surface area contributed by atoms with Crippen molar-refractivity contribution in [1.82, 2.24) is 4.31 Å². The number of hydrogen-bond acceptors (Lipinski definition) is 5. The highest BCUT2D eigenvalue weighted by atomic mass is 32.2. The lowest BCUT2D eigenvalue weighted by Gasteiger charge is -2.26. The summed E-state index contributed by atoms with van der Waals surface area (Å²) in [6.45, 7) is 0.108. The zero-order valence-electron chi connectivity index (χ0n) is 16.0. The van der Waals surface area contributed by atoms with Crippen LogP contribution in [0, 0.1) is 0 Å². The van der Waals surface area contributed by atoms with Gasteiger partial charge in [-0.1, -0.05) is 54.6 Å². The van der Waals surface area contributed by atoms with Gasteiger partial charge in [0.05, 0.1) is 12.1 Å². The average molecular weight is 441 g/mol. The maximum atomic E-state index is 13.4. The van der Waals surface area contributed by atoms with Gasteiger partial charge in [0.15, 0.2) is 0 Å². The van der Waals surface area contributed by atoms with E-state index >= 15 is 0 Å². The quantitative estimate of drug-likeness (QED) is 0.528. The number of nitrogens with zero attached hydrogens (tertiary/aromatic N) is 2. The van der Waals surface area contributed by atoms with Crippen LogP contribution in [-0.4, -0.2) is 37.1 Å². The van der Waals surface area contributed by atoms with Crippen molar-refractivity contribution in [2.24, 2.45) is 0 Å². The number of benzene rings is 2. The lowest BCUT2D eigenvalue weighted by atomic mass is 10.1. The minimum absolute atomic E-state index is 0.108. The molecule has 0 radical (unpaired) electrons. The number of para-hydroxylation sites is 1. The molecule has 2 heterocycles. The summed E-state index contributed by atoms with van der Waals surface area (Å²) in [5.41, 5.74) is 1.41. The van der Waals surface area contributed by atoms with E-state index in [9.17, 15) is 18.0 Å². The van der Waals surface area contributed by atoms with Gasteiger partial charge in [-0.3, -0.25) is 9.59 Å². The van der Waals surface area contributed by atoms with Crippen molar-refractivity contribution in [1.29, 1.82) is 0 Å². The number of carbonyl (C=O) groups excluding carboxylic acids is 2. The Morgan fingerprint density at radius 3 is 2.23 bits per heavy atom. The Morgan fingerprint density at radius 2 is 1.60 bits per heavy atom. The monoisotopic (exact) mass is 440 g/mol. The molecule has 8 heteroatoms. The molecule has 0 saturated carbocycles. The Labute approximate surface area is 179 Å². The van der Waals surface area contributed by atoms with Gasteiger partial charge in [-0.05, 0) is 35.6 Å². The average Bonchev–Trinajstić information content (AvgIpc) is 3.39. The molecule has 1 aliphatic rings. The first kappa shape index (κ1) is 20.5. The Hall–Kier alpha value is -2.81. The van der Waals surface area contributed by atoms with E-state index < -0.39 is 27.9 Å². The first-order valence-electron chi connectivity index (χ1n) is 9.49. The number of amides is 2. The molecule has 1 saturated heterocycles. The van der Waals surface area contributed by atoms with Gasteiger partial charge in [0, 0.05) is 6.54 Å². The minimum Gasteiger partial charge on any atom is -0.274 e. The summed E-state index contributed by atoms with van der Waals surface area (Å²) in [4.78, 5) is 26.9. The minimum atomic E-state index is -3.92. The van der Waals surface area contributed by atoms with Gasteiger partial charge in [0.1, 0.15) is 10.3 Å². The van der Waals surface area contributed by atoms with Crippen molar-refractivity contribution in [2.45, 2.75) is 23.1 Å². The largest absolute Gasteiger partial charge is 0.274 e. The van der Waals surface area contributed by atoms with E-state index in [1.807, 2.05) is 30.3 Å². The van der Waals surface area contributed by atoms with Gasteiger partial charge in [-0.25, -0.2) is 13.3 Å². The Morgan fingerprint density at radius 1 is 0.933 bits per heavy atom. The van der Waals surface area contributed by atoms with Crippen LogP contribution in [0.25, 0.3) is 0 Å². The van der Waals surface area contributed by atoms with E-state index in [-0.39, 0.29) is 17.2 Å². The Kier molecular flexibility index (Phi) is 5.80. The molecule has 1 aromatic heterocycles. The summed E-state index contributed by atoms with van der Waals surface area (Å²) in [5.74, 6) is -0.915. The molecule has 2 aromatic carbocycles. The van der Waals surface area contributed by atoms with Crippen LogP contribution in [0.3, 0.4) is 0 Å². The molecule has 1 aliphatic heterocycles. The molecular formula is C22H20N2O4S2. The van der Waals surface area contributed by atoms with Crippen molar-refractivity contribution in [3.63, 3.8) is 0 Å². The summed E-state index contributed by atoms with van der Waals surface area (Å²) < 4.78 is 28.1. The number of rotatable bonds is 7. The standard InChI is InChI=1S/C22H20N2O4S2/c25-20-16-19(22(26)24(20)18-10-5-2-6-11-18)23(14-13-17-8-3-1-4-9-17)30(27,28)21-12-7-15-29-21/h1-12,15,19H,13-14,16H2. The highest BCUT2D eigenvalue weighted by molar-refractivity contribution is 7.91. The number of sulfonamides is 1. The summed E-state index contributed by atoms with van der Waals surface area (Å²) >= 11 is 1.10. The van der Waals surface area contributed by atoms with Gasteiger partial charge < -0.3 is 0 Å². The highest BCUT2D eigenvalue weighted by Crippen LogP contribution is 2.30. The normalized spacial score (nSPS) is 17.1. The molecule has 1 atom stereocenters. The van der Waals surface area contributed by atoms with E-state index in [4.69, 9.17) is 0 Å². The topological polar surface area (TPSA) is 74.8 Å². The number of imide groups is 1. The fourth-order valence-electron chi connectivity index (χ4n) is 3.54. The smallest absolute Gasteiger partial charge is 0.253 e. The molecule has 0 bridgehead atoms. The zero-order valence-corrected chi connectivity index (χ0v) is 17.7. The van der Waals surface area contributed by atoms with Gasteiger partial charge in [0.2, 0.25) is 5.91 Å². The maximum Gasteiger partial charge on any atom is 0.253 e. The van der Waals surface area contributed by atoms with Gasteiger partial charge in [-0.15, -0.1) is 11.3 Å². The SMILES string of the molecule is O=C1CC(N(CCc2ccccc2)S(=O)(=O)c2cccs2)C(=O)N1c1ccccc1. The molecular weight excluding hydrogens is 420 g/mol. The van der Waals surface area contributed by atoms with Crippen LogP contribution < -0.4 is 4.90 Å². The van der Waals surface area contributed by atoms with E-state index in [2.05, 4.69) is 0 Å². The summed E-state index contributed by atoms with van der Waals surface area (Å²) in [7, 11) is -3.92. The predicted octanol–water partition coefficient (Wildman–Crippen LogP) is 3.31. The summed E-state index contributed by atoms with van der Waals surface area (Å²) in [6.07, 6.45) is 0.266. The van der Waals surface area contributed by atoms with Crippen LogP contribution in [0.4, 0.5) is 5.69 Å². The van der Waals surface area contributed by atoms with Crippen LogP contribution in [0.1, 0.15) is 12.0 Å². The maximum absolute atomic E-state index is 13.4. The van der Waals surface area contributed by atoms with Crippen molar-refractivity contribution in [3.8, 4) is 0 Å². The van der Waals surface area contributed by atoms with Crippen molar-refractivity contribution < 1.29 is 18.0 Å². The fourth-order valence-corrected chi connectivity index (χ4v) is 6.24. The van der Waals surface area contributed by atoms with Crippen molar-refractivity contribution >= 4 is 38.9 Å². The number of carbonyl (C=O) groups is 2. The Balaban J connectivity index is 1.67. The van der Waals surface area contributed by atoms with Gasteiger partial charge in [0.25, 0.3) is 15.9 Å². The second-order valence-electron chi connectivity index (χ2n) is 6.91. The van der Waals surface area contributed by atoms with E-state index in [1.54, 1.807) is 41.8 Å². The van der Waals surface area contributed by atoms with E-state index in [0.717, 1.165) is 21.8 Å². The van der Waals surface area contributed by atoms with Crippen LogP contribution in [0.15, 0.2) is 82.4 Å². The van der Waals surface area contributed by atoms with Crippen molar-refractivity contribution in [2.75, 3.05) is 11.4 Å². The van der Waals surface area contributed by atoms with Crippen molar-refractivity contribution in [3.05, 3.63) is 83.7 Å². The molecule has 3 aromatic rings. The second-order valence-corrected chi connectivity index (χ2v) is 9.97. The molecule has 2 amide bonds. The first-order chi connectivity index (χ1) is 14.5. The molecule has 4 rings (SSSR count).